The summed E-state index contributed by atoms with van der Waals surface area (Å²) in [5, 5.41) is 11.9. The van der Waals surface area contributed by atoms with Gasteiger partial charge in [-0.25, -0.2) is 4.79 Å². The lowest BCUT2D eigenvalue weighted by Gasteiger charge is -2.25. The van der Waals surface area contributed by atoms with E-state index in [1.54, 1.807) is 0 Å². The molecule has 1 saturated carbocycles. The van der Waals surface area contributed by atoms with E-state index >= 15 is 0 Å². The van der Waals surface area contributed by atoms with Crippen LogP contribution in [-0.2, 0) is 15.8 Å². The Labute approximate surface area is 138 Å². The zero-order valence-corrected chi connectivity index (χ0v) is 13.5. The van der Waals surface area contributed by atoms with Gasteiger partial charge in [0, 0.05) is 5.92 Å². The molecule has 0 aromatic heterocycles. The summed E-state index contributed by atoms with van der Waals surface area (Å²) in [6.45, 7) is 3.29. The number of hydrogen-bond donors (Lipinski definition) is 2. The first kappa shape index (κ1) is 18.3. The van der Waals surface area contributed by atoms with Gasteiger partial charge in [0.05, 0.1) is 5.56 Å². The van der Waals surface area contributed by atoms with E-state index in [2.05, 4.69) is 5.32 Å². The molecule has 3 atom stereocenters. The minimum Gasteiger partial charge on any atom is -0.480 e. The van der Waals surface area contributed by atoms with Crippen LogP contribution in [0.5, 0.6) is 0 Å². The number of carbonyl (C=O) groups excluding carboxylic acids is 1. The molecule has 0 saturated heterocycles. The van der Waals surface area contributed by atoms with E-state index in [0.29, 0.717) is 24.8 Å². The summed E-state index contributed by atoms with van der Waals surface area (Å²) in [6.07, 6.45) is -2.96. The van der Waals surface area contributed by atoms with E-state index in [4.69, 9.17) is 0 Å². The number of alkyl halides is 3. The first-order valence-electron chi connectivity index (χ1n) is 7.81. The highest BCUT2D eigenvalue weighted by Crippen LogP contribution is 2.48. The fourth-order valence-corrected chi connectivity index (χ4v) is 2.86. The van der Waals surface area contributed by atoms with Crippen molar-refractivity contribution in [2.24, 2.45) is 5.92 Å². The van der Waals surface area contributed by atoms with Crippen molar-refractivity contribution in [3.05, 3.63) is 35.4 Å². The summed E-state index contributed by atoms with van der Waals surface area (Å²) in [5.41, 5.74) is -1.39. The number of carboxylic acid groups (broad SMARTS) is 1. The number of hydrogen-bond acceptors (Lipinski definition) is 2. The van der Waals surface area contributed by atoms with Crippen LogP contribution in [0.15, 0.2) is 24.3 Å². The largest absolute Gasteiger partial charge is 0.480 e. The Morgan fingerprint density at radius 2 is 1.83 bits per heavy atom. The van der Waals surface area contributed by atoms with Gasteiger partial charge >= 0.3 is 12.1 Å². The molecule has 7 heteroatoms. The minimum absolute atomic E-state index is 0.160. The number of aliphatic carboxylic acids is 1. The van der Waals surface area contributed by atoms with Gasteiger partial charge in [0.25, 0.3) is 0 Å². The molecule has 0 aliphatic heterocycles. The van der Waals surface area contributed by atoms with Crippen molar-refractivity contribution in [1.82, 2.24) is 5.32 Å². The van der Waals surface area contributed by atoms with Crippen LogP contribution in [-0.4, -0.2) is 22.5 Å². The van der Waals surface area contributed by atoms with Gasteiger partial charge in [-0.3, -0.25) is 4.79 Å². The van der Waals surface area contributed by atoms with Crippen LogP contribution >= 0.6 is 0 Å². The van der Waals surface area contributed by atoms with Crippen molar-refractivity contribution in [3.8, 4) is 0 Å². The van der Waals surface area contributed by atoms with E-state index < -0.39 is 29.2 Å². The maximum atomic E-state index is 12.6. The second kappa shape index (κ2) is 6.45. The molecule has 132 valence electrons. The van der Waals surface area contributed by atoms with Gasteiger partial charge in [0.1, 0.15) is 5.54 Å². The first-order valence-corrected chi connectivity index (χ1v) is 7.81. The normalized spacial score (nSPS) is 22.5. The summed E-state index contributed by atoms with van der Waals surface area (Å²) >= 11 is 0. The molecule has 1 fully saturated rings. The zero-order valence-electron chi connectivity index (χ0n) is 13.5. The van der Waals surface area contributed by atoms with Crippen LogP contribution in [0.3, 0.4) is 0 Å². The fraction of sp³-hybridized carbons (Fsp3) is 0.529. The van der Waals surface area contributed by atoms with Gasteiger partial charge in [0.2, 0.25) is 5.91 Å². The number of amides is 1. The van der Waals surface area contributed by atoms with Crippen LogP contribution < -0.4 is 5.32 Å². The quantitative estimate of drug-likeness (QED) is 0.830. The molecule has 0 bridgehead atoms. The van der Waals surface area contributed by atoms with Crippen LogP contribution in [0.1, 0.15) is 50.2 Å². The molecule has 0 radical (unpaired) electrons. The van der Waals surface area contributed by atoms with Crippen LogP contribution in [0, 0.1) is 5.92 Å². The highest BCUT2D eigenvalue weighted by atomic mass is 19.4. The smallest absolute Gasteiger partial charge is 0.416 e. The van der Waals surface area contributed by atoms with Gasteiger partial charge in [-0.2, -0.15) is 13.2 Å². The molecular formula is C17H20F3NO3. The highest BCUT2D eigenvalue weighted by molar-refractivity contribution is 5.89. The maximum absolute atomic E-state index is 12.6. The van der Waals surface area contributed by atoms with E-state index in [0.717, 1.165) is 12.1 Å². The fourth-order valence-electron chi connectivity index (χ4n) is 2.86. The van der Waals surface area contributed by atoms with Gasteiger partial charge in [-0.05, 0) is 43.4 Å². The lowest BCUT2D eigenvalue weighted by atomic mass is 9.95. The summed E-state index contributed by atoms with van der Waals surface area (Å²) in [7, 11) is 0. The molecule has 0 heterocycles. The molecular weight excluding hydrogens is 323 g/mol. The SMILES string of the molecule is CCCC(C)(NC(=O)C1CC1c1ccc(C(F)(F)F)cc1)C(=O)O. The third-order valence-corrected chi connectivity index (χ3v) is 4.41. The average molecular weight is 343 g/mol. The molecule has 0 spiro atoms. The van der Waals surface area contributed by atoms with Crippen molar-refractivity contribution < 1.29 is 27.9 Å². The predicted octanol–water partition coefficient (Wildman–Crippen LogP) is 3.57. The molecule has 4 nitrogen and oxygen atoms in total. The Kier molecular flexibility index (Phi) is 4.92. The molecule has 1 aliphatic carbocycles. The van der Waals surface area contributed by atoms with E-state index in [1.165, 1.54) is 19.1 Å². The second-order valence-electron chi connectivity index (χ2n) is 6.44. The monoisotopic (exact) mass is 343 g/mol. The molecule has 24 heavy (non-hydrogen) atoms. The Morgan fingerprint density at radius 1 is 1.25 bits per heavy atom. The van der Waals surface area contributed by atoms with Crippen molar-refractivity contribution in [2.45, 2.75) is 50.7 Å². The average Bonchev–Trinajstić information content (AvgIpc) is 3.27. The van der Waals surface area contributed by atoms with Crippen molar-refractivity contribution in [2.75, 3.05) is 0 Å². The first-order chi connectivity index (χ1) is 11.1. The van der Waals surface area contributed by atoms with Crippen LogP contribution in [0.2, 0.25) is 0 Å². The topological polar surface area (TPSA) is 66.4 Å². The number of rotatable bonds is 6. The van der Waals surface area contributed by atoms with E-state index in [9.17, 15) is 27.9 Å². The minimum atomic E-state index is -4.39. The molecule has 3 unspecified atom stereocenters. The second-order valence-corrected chi connectivity index (χ2v) is 6.44. The lowest BCUT2D eigenvalue weighted by molar-refractivity contribution is -0.147. The molecule has 1 amide bonds. The third-order valence-electron chi connectivity index (χ3n) is 4.41. The van der Waals surface area contributed by atoms with Gasteiger partial charge in [-0.1, -0.05) is 25.5 Å². The number of carboxylic acids is 1. The maximum Gasteiger partial charge on any atom is 0.416 e. The number of halogens is 3. The van der Waals surface area contributed by atoms with Gasteiger partial charge < -0.3 is 10.4 Å². The summed E-state index contributed by atoms with van der Waals surface area (Å²) < 4.78 is 37.7. The van der Waals surface area contributed by atoms with E-state index in [-0.39, 0.29) is 11.8 Å². The van der Waals surface area contributed by atoms with Crippen molar-refractivity contribution in [3.63, 3.8) is 0 Å². The van der Waals surface area contributed by atoms with Gasteiger partial charge in [-0.15, -0.1) is 0 Å². The van der Waals surface area contributed by atoms with Gasteiger partial charge in [0.15, 0.2) is 0 Å². The van der Waals surface area contributed by atoms with Crippen molar-refractivity contribution in [1.29, 1.82) is 0 Å². The Hall–Kier alpha value is -2.05. The molecule has 2 N–H and O–H groups in total. The van der Waals surface area contributed by atoms with Crippen molar-refractivity contribution >= 4 is 11.9 Å². The molecule has 2 rings (SSSR count). The zero-order chi connectivity index (χ0) is 18.1. The standard InChI is InChI=1S/C17H20F3NO3/c1-3-8-16(2,15(23)24)21-14(22)13-9-12(13)10-4-6-11(7-5-10)17(18,19)20/h4-7,12-13H,3,8-9H2,1-2H3,(H,21,22)(H,23,24). The Bertz CT molecular complexity index is 627. The third kappa shape index (κ3) is 3.88. The highest BCUT2D eigenvalue weighted by Gasteiger charge is 2.47. The number of benzene rings is 1. The Balaban J connectivity index is 2.02. The summed E-state index contributed by atoms with van der Waals surface area (Å²) in [5.74, 6) is -2.01. The summed E-state index contributed by atoms with van der Waals surface area (Å²) in [4.78, 5) is 23.6. The summed E-state index contributed by atoms with van der Waals surface area (Å²) in [6, 6.07) is 4.76. The number of carbonyl (C=O) groups is 2. The number of nitrogens with one attached hydrogen (secondary N) is 1. The van der Waals surface area contributed by atoms with Crippen LogP contribution in [0.25, 0.3) is 0 Å². The predicted molar refractivity (Wildman–Crippen MR) is 81.4 cm³/mol. The molecule has 1 aliphatic rings. The molecule has 1 aromatic carbocycles. The lowest BCUT2D eigenvalue weighted by Crippen LogP contribution is -2.52. The Morgan fingerprint density at radius 3 is 2.29 bits per heavy atom. The molecule has 1 aromatic rings. The van der Waals surface area contributed by atoms with Crippen LogP contribution in [0.4, 0.5) is 13.2 Å². The van der Waals surface area contributed by atoms with E-state index in [1.807, 2.05) is 6.92 Å².